The number of fused-ring (bicyclic) bond motifs is 2. The van der Waals surface area contributed by atoms with E-state index in [1.807, 2.05) is 6.92 Å². The van der Waals surface area contributed by atoms with Gasteiger partial charge in [-0.3, -0.25) is 8.61 Å². The first kappa shape index (κ1) is 21.7. The van der Waals surface area contributed by atoms with Gasteiger partial charge in [0.05, 0.1) is 16.0 Å². The van der Waals surface area contributed by atoms with Gasteiger partial charge in [-0.2, -0.15) is 21.6 Å². The molecule has 6 nitrogen and oxygen atoms in total. The maximum absolute atomic E-state index is 13.4. The molecule has 1 atom stereocenters. The van der Waals surface area contributed by atoms with Gasteiger partial charge in [-0.15, -0.1) is 0 Å². The molecular formula is C20H19F3N2O4S2. The highest BCUT2D eigenvalue weighted by molar-refractivity contribution is 7.93. The van der Waals surface area contributed by atoms with Crippen molar-refractivity contribution in [1.82, 2.24) is 4.31 Å². The Kier molecular flexibility index (Phi) is 4.71. The molecule has 1 fully saturated rings. The highest BCUT2D eigenvalue weighted by atomic mass is 32.2. The number of hydrogen-bond acceptors (Lipinski definition) is 4. The van der Waals surface area contributed by atoms with Crippen molar-refractivity contribution in [2.24, 2.45) is 0 Å². The van der Waals surface area contributed by atoms with Gasteiger partial charge < -0.3 is 0 Å². The van der Waals surface area contributed by atoms with Gasteiger partial charge >= 0.3 is 15.5 Å². The fourth-order valence-corrected chi connectivity index (χ4v) is 6.81. The number of aryl methyl sites for hydroxylation is 1. The monoisotopic (exact) mass is 472 g/mol. The van der Waals surface area contributed by atoms with Gasteiger partial charge in [0.1, 0.15) is 0 Å². The van der Waals surface area contributed by atoms with Crippen LogP contribution in [0, 0.1) is 6.92 Å². The standard InChI is InChI=1S/C20H19F3N2O4S2/c1-14-7-9-16(10-8-14)30(26,27)25-13-19(17-5-3-4-6-18(17)25)11-12-24(15(19)2)31(28,29)20(21,22)23/h3-10H,2,11-13H2,1H3. The van der Waals surface area contributed by atoms with Crippen molar-refractivity contribution < 1.29 is 30.0 Å². The summed E-state index contributed by atoms with van der Waals surface area (Å²) in [5.41, 5.74) is -5.42. The van der Waals surface area contributed by atoms with Crippen LogP contribution in [0.15, 0.2) is 65.7 Å². The molecule has 0 aliphatic carbocycles. The minimum absolute atomic E-state index is 0.0158. The van der Waals surface area contributed by atoms with Gasteiger partial charge in [0, 0.05) is 18.8 Å². The van der Waals surface area contributed by atoms with Gasteiger partial charge in [-0.05, 0) is 37.1 Å². The molecule has 1 unspecified atom stereocenters. The Morgan fingerprint density at radius 2 is 1.58 bits per heavy atom. The van der Waals surface area contributed by atoms with Gasteiger partial charge in [-0.1, -0.05) is 42.5 Å². The number of anilines is 1. The summed E-state index contributed by atoms with van der Waals surface area (Å²) >= 11 is 0. The average molecular weight is 473 g/mol. The second kappa shape index (κ2) is 6.73. The molecule has 0 saturated carbocycles. The van der Waals surface area contributed by atoms with Crippen molar-refractivity contribution in [1.29, 1.82) is 0 Å². The third-order valence-electron chi connectivity index (χ3n) is 5.89. The summed E-state index contributed by atoms with van der Waals surface area (Å²) in [6.07, 6.45) is -0.0158. The van der Waals surface area contributed by atoms with E-state index in [1.165, 1.54) is 12.1 Å². The molecule has 4 rings (SSSR count). The second-order valence-electron chi connectivity index (χ2n) is 7.64. The van der Waals surface area contributed by atoms with Gasteiger partial charge in [0.2, 0.25) is 0 Å². The van der Waals surface area contributed by atoms with Crippen molar-refractivity contribution in [3.63, 3.8) is 0 Å². The maximum atomic E-state index is 13.4. The average Bonchev–Trinajstić information content (AvgIpc) is 3.21. The summed E-state index contributed by atoms with van der Waals surface area (Å²) in [7, 11) is -9.67. The lowest BCUT2D eigenvalue weighted by Gasteiger charge is -2.29. The van der Waals surface area contributed by atoms with Crippen LogP contribution in [-0.4, -0.2) is 39.7 Å². The lowest BCUT2D eigenvalue weighted by atomic mass is 9.79. The number of para-hydroxylation sites is 1. The molecule has 0 N–H and O–H groups in total. The number of rotatable bonds is 3. The summed E-state index contributed by atoms with van der Waals surface area (Å²) in [6, 6.07) is 12.6. The number of sulfonamides is 2. The molecule has 0 bridgehead atoms. The number of benzene rings is 2. The van der Waals surface area contributed by atoms with Crippen molar-refractivity contribution in [3.8, 4) is 0 Å². The zero-order valence-electron chi connectivity index (χ0n) is 16.4. The van der Waals surface area contributed by atoms with E-state index in [-0.39, 0.29) is 27.9 Å². The van der Waals surface area contributed by atoms with Crippen LogP contribution in [0.1, 0.15) is 17.5 Å². The van der Waals surface area contributed by atoms with Crippen LogP contribution in [0.3, 0.4) is 0 Å². The van der Waals surface area contributed by atoms with Crippen LogP contribution in [0.5, 0.6) is 0 Å². The highest BCUT2D eigenvalue weighted by Gasteiger charge is 2.59. The highest BCUT2D eigenvalue weighted by Crippen LogP contribution is 2.54. The molecular weight excluding hydrogens is 453 g/mol. The molecule has 2 aliphatic rings. The fraction of sp³-hybridized carbons (Fsp3) is 0.300. The van der Waals surface area contributed by atoms with E-state index >= 15 is 0 Å². The van der Waals surface area contributed by atoms with E-state index in [1.54, 1.807) is 36.4 Å². The van der Waals surface area contributed by atoms with E-state index in [0.29, 0.717) is 11.3 Å². The largest absolute Gasteiger partial charge is 0.516 e. The molecule has 2 aromatic carbocycles. The van der Waals surface area contributed by atoms with Crippen LogP contribution in [0.25, 0.3) is 0 Å². The lowest BCUT2D eigenvalue weighted by molar-refractivity contribution is -0.0477. The minimum Gasteiger partial charge on any atom is -0.266 e. The van der Waals surface area contributed by atoms with Crippen molar-refractivity contribution in [3.05, 3.63) is 71.9 Å². The Hall–Kier alpha value is -2.53. The molecule has 31 heavy (non-hydrogen) atoms. The summed E-state index contributed by atoms with van der Waals surface area (Å²) in [4.78, 5) is 0.0355. The van der Waals surface area contributed by atoms with E-state index in [0.717, 1.165) is 9.87 Å². The van der Waals surface area contributed by atoms with Crippen LogP contribution in [0.2, 0.25) is 0 Å². The first-order chi connectivity index (χ1) is 14.3. The maximum Gasteiger partial charge on any atom is 0.516 e. The third kappa shape index (κ3) is 3.05. The molecule has 1 spiro atoms. The van der Waals surface area contributed by atoms with Crippen molar-refractivity contribution in [2.45, 2.75) is 29.2 Å². The van der Waals surface area contributed by atoms with Gasteiger partial charge in [0.15, 0.2) is 0 Å². The molecule has 166 valence electrons. The third-order valence-corrected chi connectivity index (χ3v) is 9.23. The minimum atomic E-state index is -5.64. The molecule has 2 heterocycles. The SMILES string of the molecule is C=C1N(S(=O)(=O)C(F)(F)F)CCC12CN(S(=O)(=O)c1ccc(C)cc1)c1ccccc12. The lowest BCUT2D eigenvalue weighted by Crippen LogP contribution is -2.41. The first-order valence-electron chi connectivity index (χ1n) is 9.30. The smallest absolute Gasteiger partial charge is 0.266 e. The Bertz CT molecular complexity index is 1270. The Morgan fingerprint density at radius 1 is 0.968 bits per heavy atom. The summed E-state index contributed by atoms with van der Waals surface area (Å²) in [6.45, 7) is 4.82. The summed E-state index contributed by atoms with van der Waals surface area (Å²) < 4.78 is 91.8. The zero-order valence-corrected chi connectivity index (χ0v) is 18.1. The van der Waals surface area contributed by atoms with E-state index in [9.17, 15) is 30.0 Å². The Balaban J connectivity index is 1.81. The molecule has 0 aromatic heterocycles. The van der Waals surface area contributed by atoms with Crippen LogP contribution in [-0.2, 0) is 25.5 Å². The molecule has 11 heteroatoms. The quantitative estimate of drug-likeness (QED) is 0.685. The van der Waals surface area contributed by atoms with Gasteiger partial charge in [0.25, 0.3) is 10.0 Å². The predicted molar refractivity (Wildman–Crippen MR) is 109 cm³/mol. The van der Waals surface area contributed by atoms with Crippen LogP contribution in [0.4, 0.5) is 18.9 Å². The number of nitrogens with zero attached hydrogens (tertiary/aromatic N) is 2. The predicted octanol–water partition coefficient (Wildman–Crippen LogP) is 3.51. The summed E-state index contributed by atoms with van der Waals surface area (Å²) in [5.74, 6) is 0. The summed E-state index contributed by atoms with van der Waals surface area (Å²) in [5, 5.41) is 0. The normalized spacial score (nSPS) is 21.7. The van der Waals surface area contributed by atoms with Crippen LogP contribution >= 0.6 is 0 Å². The van der Waals surface area contributed by atoms with Crippen LogP contribution < -0.4 is 4.31 Å². The van der Waals surface area contributed by atoms with E-state index < -0.39 is 37.5 Å². The molecule has 0 radical (unpaired) electrons. The van der Waals surface area contributed by atoms with Crippen molar-refractivity contribution in [2.75, 3.05) is 17.4 Å². The number of halogens is 3. The van der Waals surface area contributed by atoms with Crippen molar-refractivity contribution >= 4 is 25.7 Å². The first-order valence-corrected chi connectivity index (χ1v) is 12.2. The topological polar surface area (TPSA) is 74.8 Å². The fourth-order valence-electron chi connectivity index (χ4n) is 4.22. The van der Waals surface area contributed by atoms with Gasteiger partial charge in [-0.25, -0.2) is 8.42 Å². The molecule has 2 aromatic rings. The molecule has 1 saturated heterocycles. The van der Waals surface area contributed by atoms with E-state index in [2.05, 4.69) is 6.58 Å². The Morgan fingerprint density at radius 3 is 2.19 bits per heavy atom. The number of alkyl halides is 3. The number of hydrogen-bond donors (Lipinski definition) is 0. The Labute approximate surface area is 178 Å². The molecule has 0 amide bonds. The second-order valence-corrected chi connectivity index (χ2v) is 11.4. The van der Waals surface area contributed by atoms with E-state index in [4.69, 9.17) is 0 Å². The molecule has 2 aliphatic heterocycles. The zero-order chi connectivity index (χ0) is 22.8.